The van der Waals surface area contributed by atoms with E-state index in [0.29, 0.717) is 26.9 Å². The Kier molecular flexibility index (Phi) is 8.01. The molecule has 0 aliphatic rings. The first-order valence-corrected chi connectivity index (χ1v) is 12.9. The molecule has 1 N–H and O–H groups in total. The second-order valence-corrected chi connectivity index (χ2v) is 10.3. The van der Waals surface area contributed by atoms with Gasteiger partial charge >= 0.3 is 0 Å². The standard InChI is InChI=1S/C27H24Br2N4O3/c1-16(2)26-32-23-10-9-19(28)13-20(23)27(35)33(26)30-14-18-8-11-24(21(29)12-18)36-15-25(34)31-22-7-5-4-6-17(22)3/h4-14,16H,15H2,1-3H3,(H,31,34). The van der Waals surface area contributed by atoms with Gasteiger partial charge in [-0.05, 0) is 76.4 Å². The second kappa shape index (κ2) is 11.2. The number of amides is 1. The average molecular weight is 612 g/mol. The van der Waals surface area contributed by atoms with Crippen molar-refractivity contribution in [3.8, 4) is 5.75 Å². The van der Waals surface area contributed by atoms with Crippen LogP contribution in [-0.2, 0) is 4.79 Å². The maximum atomic E-state index is 13.2. The summed E-state index contributed by atoms with van der Waals surface area (Å²) in [5, 5.41) is 7.78. The Labute approximate surface area is 225 Å². The molecular formula is C27H24Br2N4O3. The zero-order valence-corrected chi connectivity index (χ0v) is 23.1. The van der Waals surface area contributed by atoms with Gasteiger partial charge in [-0.2, -0.15) is 9.78 Å². The van der Waals surface area contributed by atoms with Gasteiger partial charge in [-0.25, -0.2) is 4.98 Å². The number of aryl methyl sites for hydroxylation is 1. The van der Waals surface area contributed by atoms with Gasteiger partial charge < -0.3 is 10.1 Å². The van der Waals surface area contributed by atoms with Crippen LogP contribution in [0.3, 0.4) is 0 Å². The number of carbonyl (C=O) groups is 1. The molecule has 0 bridgehead atoms. The van der Waals surface area contributed by atoms with Crippen LogP contribution in [0.25, 0.3) is 10.9 Å². The van der Waals surface area contributed by atoms with Crippen molar-refractivity contribution in [2.45, 2.75) is 26.7 Å². The predicted molar refractivity (Wildman–Crippen MR) is 150 cm³/mol. The van der Waals surface area contributed by atoms with Crippen molar-refractivity contribution in [2.24, 2.45) is 5.10 Å². The minimum atomic E-state index is -0.252. The molecule has 0 aliphatic heterocycles. The minimum Gasteiger partial charge on any atom is -0.483 e. The van der Waals surface area contributed by atoms with Crippen molar-refractivity contribution in [2.75, 3.05) is 11.9 Å². The van der Waals surface area contributed by atoms with Gasteiger partial charge in [0.05, 0.1) is 21.6 Å². The molecule has 0 saturated heterocycles. The van der Waals surface area contributed by atoms with Crippen molar-refractivity contribution in [1.82, 2.24) is 9.66 Å². The number of fused-ring (bicyclic) bond motifs is 1. The van der Waals surface area contributed by atoms with Crippen LogP contribution in [0.5, 0.6) is 5.75 Å². The highest BCUT2D eigenvalue weighted by Gasteiger charge is 2.14. The summed E-state index contributed by atoms with van der Waals surface area (Å²) in [6.07, 6.45) is 1.60. The molecule has 184 valence electrons. The normalized spacial score (nSPS) is 11.4. The Balaban J connectivity index is 1.52. The number of anilines is 1. The van der Waals surface area contributed by atoms with E-state index < -0.39 is 0 Å². The number of hydrogen-bond acceptors (Lipinski definition) is 5. The molecule has 0 saturated carbocycles. The highest BCUT2D eigenvalue weighted by molar-refractivity contribution is 9.10. The zero-order chi connectivity index (χ0) is 25.8. The van der Waals surface area contributed by atoms with Crippen molar-refractivity contribution in [3.05, 3.63) is 96.9 Å². The fourth-order valence-corrected chi connectivity index (χ4v) is 4.40. The van der Waals surface area contributed by atoms with Crippen LogP contribution in [0.4, 0.5) is 5.69 Å². The van der Waals surface area contributed by atoms with Gasteiger partial charge in [0, 0.05) is 16.1 Å². The third kappa shape index (κ3) is 5.91. The number of halogens is 2. The molecule has 36 heavy (non-hydrogen) atoms. The summed E-state index contributed by atoms with van der Waals surface area (Å²) in [5.41, 5.74) is 2.87. The molecule has 4 aromatic rings. The lowest BCUT2D eigenvalue weighted by Crippen LogP contribution is -2.23. The van der Waals surface area contributed by atoms with Gasteiger partial charge in [0.2, 0.25) is 0 Å². The van der Waals surface area contributed by atoms with Crippen LogP contribution in [-0.4, -0.2) is 28.4 Å². The molecule has 0 aliphatic carbocycles. The Bertz CT molecular complexity index is 1530. The first kappa shape index (κ1) is 25.8. The van der Waals surface area contributed by atoms with E-state index in [1.165, 1.54) is 4.68 Å². The van der Waals surface area contributed by atoms with Crippen LogP contribution in [0.15, 0.2) is 79.5 Å². The molecule has 0 radical (unpaired) electrons. The maximum Gasteiger partial charge on any atom is 0.282 e. The lowest BCUT2D eigenvalue weighted by Gasteiger charge is -2.12. The van der Waals surface area contributed by atoms with Gasteiger partial charge in [-0.3, -0.25) is 9.59 Å². The van der Waals surface area contributed by atoms with E-state index in [9.17, 15) is 9.59 Å². The SMILES string of the molecule is Cc1ccccc1NC(=O)COc1ccc(C=Nn2c(C(C)C)nc3ccc(Br)cc3c2=O)cc1Br. The van der Waals surface area contributed by atoms with Gasteiger partial charge in [-0.1, -0.05) is 48.0 Å². The van der Waals surface area contributed by atoms with Crippen molar-refractivity contribution >= 4 is 60.6 Å². The molecular weight excluding hydrogens is 588 g/mol. The van der Waals surface area contributed by atoms with Crippen LogP contribution in [0.2, 0.25) is 0 Å². The summed E-state index contributed by atoms with van der Waals surface area (Å²) in [5.74, 6) is 0.836. The second-order valence-electron chi connectivity index (χ2n) is 8.49. The molecule has 0 fully saturated rings. The number of nitrogens with one attached hydrogen (secondary N) is 1. The van der Waals surface area contributed by atoms with Gasteiger partial charge in [0.25, 0.3) is 11.5 Å². The summed E-state index contributed by atoms with van der Waals surface area (Å²) < 4.78 is 8.48. The highest BCUT2D eigenvalue weighted by atomic mass is 79.9. The van der Waals surface area contributed by atoms with Crippen LogP contribution in [0.1, 0.15) is 36.7 Å². The maximum absolute atomic E-state index is 13.2. The number of benzene rings is 3. The van der Waals surface area contributed by atoms with E-state index in [-0.39, 0.29) is 24.0 Å². The number of rotatable bonds is 7. The average Bonchev–Trinajstić information content (AvgIpc) is 2.84. The van der Waals surface area contributed by atoms with E-state index in [0.717, 1.165) is 21.3 Å². The smallest absolute Gasteiger partial charge is 0.282 e. The van der Waals surface area contributed by atoms with Gasteiger partial charge in [0.1, 0.15) is 11.6 Å². The Hall–Kier alpha value is -3.30. The fraction of sp³-hybridized carbons (Fsp3) is 0.185. The molecule has 9 heteroatoms. The van der Waals surface area contributed by atoms with E-state index in [2.05, 4.69) is 47.3 Å². The van der Waals surface area contributed by atoms with Crippen molar-refractivity contribution < 1.29 is 9.53 Å². The third-order valence-corrected chi connectivity index (χ3v) is 6.52. The van der Waals surface area contributed by atoms with Crippen molar-refractivity contribution in [1.29, 1.82) is 0 Å². The third-order valence-electron chi connectivity index (χ3n) is 5.41. The molecule has 1 aromatic heterocycles. The minimum absolute atomic E-state index is 0.00349. The summed E-state index contributed by atoms with van der Waals surface area (Å²) in [4.78, 5) is 30.1. The van der Waals surface area contributed by atoms with Crippen molar-refractivity contribution in [3.63, 3.8) is 0 Å². The van der Waals surface area contributed by atoms with E-state index in [4.69, 9.17) is 4.74 Å². The fourth-order valence-electron chi connectivity index (χ4n) is 3.53. The quantitative estimate of drug-likeness (QED) is 0.250. The Morgan fingerprint density at radius 1 is 1.14 bits per heavy atom. The van der Waals surface area contributed by atoms with E-state index in [1.54, 1.807) is 24.4 Å². The molecule has 1 heterocycles. The molecule has 3 aromatic carbocycles. The predicted octanol–water partition coefficient (Wildman–Crippen LogP) is 6.25. The number of para-hydroxylation sites is 1. The molecule has 1 amide bonds. The van der Waals surface area contributed by atoms with Crippen LogP contribution in [0, 0.1) is 6.92 Å². The van der Waals surface area contributed by atoms with Gasteiger partial charge in [0.15, 0.2) is 6.61 Å². The molecule has 0 spiro atoms. The number of aromatic nitrogens is 2. The Morgan fingerprint density at radius 3 is 2.64 bits per heavy atom. The Morgan fingerprint density at radius 2 is 1.92 bits per heavy atom. The highest BCUT2D eigenvalue weighted by Crippen LogP contribution is 2.26. The van der Waals surface area contributed by atoms with Crippen LogP contribution >= 0.6 is 31.9 Å². The lowest BCUT2D eigenvalue weighted by atomic mass is 10.2. The number of nitrogens with zero attached hydrogens (tertiary/aromatic N) is 3. The summed E-state index contributed by atoms with van der Waals surface area (Å²) in [6, 6.07) is 18.3. The lowest BCUT2D eigenvalue weighted by molar-refractivity contribution is -0.118. The summed E-state index contributed by atoms with van der Waals surface area (Å²) in [6.45, 7) is 5.73. The number of hydrogen-bond donors (Lipinski definition) is 1. The molecule has 7 nitrogen and oxygen atoms in total. The number of ether oxygens (including phenoxy) is 1. The topological polar surface area (TPSA) is 85.6 Å². The first-order valence-electron chi connectivity index (χ1n) is 11.3. The number of carbonyl (C=O) groups excluding carboxylic acids is 1. The summed E-state index contributed by atoms with van der Waals surface area (Å²) >= 11 is 6.90. The largest absolute Gasteiger partial charge is 0.483 e. The molecule has 0 atom stereocenters. The van der Waals surface area contributed by atoms with Gasteiger partial charge in [-0.15, -0.1) is 0 Å². The molecule has 0 unspecified atom stereocenters. The van der Waals surface area contributed by atoms with E-state index >= 15 is 0 Å². The monoisotopic (exact) mass is 610 g/mol. The molecule has 4 rings (SSSR count). The summed E-state index contributed by atoms with van der Waals surface area (Å²) in [7, 11) is 0. The van der Waals surface area contributed by atoms with Crippen LogP contribution < -0.4 is 15.6 Å². The van der Waals surface area contributed by atoms with E-state index in [1.807, 2.05) is 63.2 Å². The zero-order valence-electron chi connectivity index (χ0n) is 20.0. The first-order chi connectivity index (χ1) is 17.2.